The molecule has 2 aliphatic heterocycles. The largest absolute Gasteiger partial charge is 0.377 e. The van der Waals surface area contributed by atoms with Crippen LogP contribution in [0.2, 0.25) is 0 Å². The molecule has 3 N–H and O–H groups in total. The number of hydrogen-bond acceptors (Lipinski definition) is 4. The van der Waals surface area contributed by atoms with Gasteiger partial charge in [0, 0.05) is 44.1 Å². The van der Waals surface area contributed by atoms with Crippen LogP contribution >= 0.6 is 0 Å². The second-order valence-electron chi connectivity index (χ2n) is 6.32. The molecule has 3 rings (SSSR count). The van der Waals surface area contributed by atoms with Crippen LogP contribution in [0, 0.1) is 11.3 Å². The molecule has 0 radical (unpaired) electrons. The Kier molecular flexibility index (Phi) is 2.70. The number of hydrogen-bond donors (Lipinski definition) is 2. The lowest BCUT2D eigenvalue weighted by Gasteiger charge is -2.61. The summed E-state index contributed by atoms with van der Waals surface area (Å²) >= 11 is 0. The van der Waals surface area contributed by atoms with E-state index < -0.39 is 5.54 Å². The van der Waals surface area contributed by atoms with Gasteiger partial charge in [-0.3, -0.25) is 4.79 Å². The molecule has 0 aromatic carbocycles. The molecule has 3 aliphatic rings. The first kappa shape index (κ1) is 12.4. The molecule has 3 unspecified atom stereocenters. The Balaban J connectivity index is 1.83. The topological polar surface area (TPSA) is 67.6 Å². The van der Waals surface area contributed by atoms with E-state index in [1.54, 1.807) is 0 Å². The maximum absolute atomic E-state index is 12.8. The van der Waals surface area contributed by atoms with E-state index in [9.17, 15) is 4.79 Å². The third kappa shape index (κ3) is 1.35. The summed E-state index contributed by atoms with van der Waals surface area (Å²) in [6.07, 6.45) is 1.08. The first-order chi connectivity index (χ1) is 8.49. The number of piperazine rings is 1. The van der Waals surface area contributed by atoms with E-state index in [1.165, 1.54) is 0 Å². The first-order valence-corrected chi connectivity index (χ1v) is 6.90. The van der Waals surface area contributed by atoms with E-state index in [2.05, 4.69) is 19.2 Å². The molecule has 0 bridgehead atoms. The second kappa shape index (κ2) is 3.92. The number of fused-ring (bicyclic) bond motifs is 1. The zero-order valence-corrected chi connectivity index (χ0v) is 11.2. The molecular weight excluding hydrogens is 230 g/mol. The van der Waals surface area contributed by atoms with Gasteiger partial charge in [0.05, 0.1) is 6.10 Å². The Morgan fingerprint density at radius 2 is 2.06 bits per heavy atom. The highest BCUT2D eigenvalue weighted by Crippen LogP contribution is 2.58. The molecule has 5 heteroatoms. The lowest BCUT2D eigenvalue weighted by atomic mass is 9.47. The molecule has 1 aliphatic carbocycles. The highest BCUT2D eigenvalue weighted by atomic mass is 16.5. The summed E-state index contributed by atoms with van der Waals surface area (Å²) in [5.41, 5.74) is 5.56. The second-order valence-corrected chi connectivity index (χ2v) is 6.32. The van der Waals surface area contributed by atoms with Crippen LogP contribution in [0.4, 0.5) is 0 Å². The van der Waals surface area contributed by atoms with Crippen molar-refractivity contribution in [3.05, 3.63) is 0 Å². The third-order valence-electron chi connectivity index (χ3n) is 5.21. The van der Waals surface area contributed by atoms with Crippen molar-refractivity contribution in [2.75, 3.05) is 32.8 Å². The van der Waals surface area contributed by atoms with Gasteiger partial charge in [-0.25, -0.2) is 0 Å². The quantitative estimate of drug-likeness (QED) is 0.665. The molecule has 5 nitrogen and oxygen atoms in total. The van der Waals surface area contributed by atoms with Crippen molar-refractivity contribution in [2.24, 2.45) is 17.1 Å². The summed E-state index contributed by atoms with van der Waals surface area (Å²) in [5, 5.41) is 3.26. The number of carbonyl (C=O) groups excluding carboxylic acids is 1. The smallest absolute Gasteiger partial charge is 0.243 e. The predicted molar refractivity (Wildman–Crippen MR) is 68.0 cm³/mol. The summed E-state index contributed by atoms with van der Waals surface area (Å²) in [6, 6.07) is 0. The Hall–Kier alpha value is -0.650. The number of amides is 1. The van der Waals surface area contributed by atoms with E-state index in [0.717, 1.165) is 39.2 Å². The Bertz CT molecular complexity index is 365. The lowest BCUT2D eigenvalue weighted by Crippen LogP contribution is -2.80. The van der Waals surface area contributed by atoms with Crippen LogP contribution in [-0.2, 0) is 9.53 Å². The minimum Gasteiger partial charge on any atom is -0.377 e. The molecular formula is C13H23N3O2. The van der Waals surface area contributed by atoms with Crippen LogP contribution < -0.4 is 11.1 Å². The highest BCUT2D eigenvalue weighted by molar-refractivity contribution is 5.89. The molecule has 0 aromatic rings. The average Bonchev–Trinajstić information content (AvgIpc) is 2.86. The molecule has 18 heavy (non-hydrogen) atoms. The van der Waals surface area contributed by atoms with E-state index in [-0.39, 0.29) is 23.3 Å². The van der Waals surface area contributed by atoms with Crippen molar-refractivity contribution >= 4 is 5.91 Å². The summed E-state index contributed by atoms with van der Waals surface area (Å²) < 4.78 is 5.74. The van der Waals surface area contributed by atoms with Gasteiger partial charge in [0.15, 0.2) is 0 Å². The van der Waals surface area contributed by atoms with E-state index in [1.807, 2.05) is 4.90 Å². The highest BCUT2D eigenvalue weighted by Gasteiger charge is 2.71. The molecule has 0 aromatic heterocycles. The average molecular weight is 253 g/mol. The normalized spacial score (nSPS) is 42.3. The van der Waals surface area contributed by atoms with Crippen LogP contribution in [0.5, 0.6) is 0 Å². The Morgan fingerprint density at radius 3 is 2.72 bits per heavy atom. The zero-order chi connectivity index (χ0) is 13.0. The summed E-state index contributed by atoms with van der Waals surface area (Å²) in [4.78, 5) is 14.7. The van der Waals surface area contributed by atoms with E-state index >= 15 is 0 Å². The zero-order valence-electron chi connectivity index (χ0n) is 11.2. The van der Waals surface area contributed by atoms with Crippen molar-refractivity contribution in [1.29, 1.82) is 0 Å². The van der Waals surface area contributed by atoms with Crippen LogP contribution in [0.25, 0.3) is 0 Å². The van der Waals surface area contributed by atoms with Gasteiger partial charge in [0.1, 0.15) is 5.54 Å². The fourth-order valence-electron chi connectivity index (χ4n) is 3.95. The number of carbonyl (C=O) groups is 1. The fraction of sp³-hybridized carbons (Fsp3) is 0.923. The summed E-state index contributed by atoms with van der Waals surface area (Å²) in [6.45, 7) is 8.16. The Labute approximate surface area is 108 Å². The first-order valence-electron chi connectivity index (χ1n) is 6.90. The molecule has 2 heterocycles. The minimum absolute atomic E-state index is 0.126. The fourth-order valence-corrected chi connectivity index (χ4v) is 3.95. The van der Waals surface area contributed by atoms with Crippen molar-refractivity contribution in [1.82, 2.24) is 10.2 Å². The molecule has 102 valence electrons. The molecule has 1 saturated carbocycles. The van der Waals surface area contributed by atoms with Crippen molar-refractivity contribution in [2.45, 2.75) is 31.9 Å². The van der Waals surface area contributed by atoms with Gasteiger partial charge in [-0.15, -0.1) is 0 Å². The van der Waals surface area contributed by atoms with Crippen LogP contribution in [-0.4, -0.2) is 55.2 Å². The summed E-state index contributed by atoms with van der Waals surface area (Å²) in [5.74, 6) is 0.329. The number of nitrogens with two attached hydrogens (primary N) is 1. The van der Waals surface area contributed by atoms with Crippen molar-refractivity contribution in [3.8, 4) is 0 Å². The summed E-state index contributed by atoms with van der Waals surface area (Å²) in [7, 11) is 0. The van der Waals surface area contributed by atoms with E-state index in [4.69, 9.17) is 10.5 Å². The van der Waals surface area contributed by atoms with Crippen LogP contribution in [0.3, 0.4) is 0 Å². The minimum atomic E-state index is -0.731. The Morgan fingerprint density at radius 1 is 1.39 bits per heavy atom. The van der Waals surface area contributed by atoms with Gasteiger partial charge < -0.3 is 20.7 Å². The van der Waals surface area contributed by atoms with Gasteiger partial charge in [-0.05, 0) is 6.42 Å². The number of nitrogens with one attached hydrogen (secondary N) is 1. The van der Waals surface area contributed by atoms with Gasteiger partial charge in [0.2, 0.25) is 5.91 Å². The number of nitrogens with zero attached hydrogens (tertiary/aromatic N) is 1. The van der Waals surface area contributed by atoms with Gasteiger partial charge in [0.25, 0.3) is 0 Å². The van der Waals surface area contributed by atoms with Gasteiger partial charge in [-0.2, -0.15) is 0 Å². The number of ether oxygens (including phenoxy) is 1. The van der Waals surface area contributed by atoms with Gasteiger partial charge in [-0.1, -0.05) is 13.8 Å². The molecule has 3 fully saturated rings. The molecule has 2 saturated heterocycles. The number of rotatable bonds is 1. The molecule has 0 spiro atoms. The van der Waals surface area contributed by atoms with Crippen LogP contribution in [0.15, 0.2) is 0 Å². The van der Waals surface area contributed by atoms with Crippen LogP contribution in [0.1, 0.15) is 20.3 Å². The van der Waals surface area contributed by atoms with Gasteiger partial charge >= 0.3 is 0 Å². The van der Waals surface area contributed by atoms with Crippen molar-refractivity contribution < 1.29 is 9.53 Å². The monoisotopic (exact) mass is 253 g/mol. The standard InChI is InChI=1S/C13H23N3O2/c1-12(2)10-9(3-8-18-10)13(12,14)11(17)16-6-4-15-5-7-16/h9-10,15H,3-8,14H2,1-2H3. The predicted octanol–water partition coefficient (Wildman–Crippen LogP) is -0.439. The molecule has 1 amide bonds. The SMILES string of the molecule is CC1(C)C2OCCC2C1(N)C(=O)N1CCNCC1. The lowest BCUT2D eigenvalue weighted by molar-refractivity contribution is -0.184. The van der Waals surface area contributed by atoms with Crippen molar-refractivity contribution in [3.63, 3.8) is 0 Å². The maximum Gasteiger partial charge on any atom is 0.243 e. The molecule has 3 atom stereocenters. The maximum atomic E-state index is 12.8. The third-order valence-corrected chi connectivity index (χ3v) is 5.21. The van der Waals surface area contributed by atoms with E-state index in [0.29, 0.717) is 0 Å².